The Morgan fingerprint density at radius 2 is 1.67 bits per heavy atom. The molecule has 1 aromatic heterocycles. The van der Waals surface area contributed by atoms with Crippen LogP contribution >= 0.6 is 0 Å². The Morgan fingerprint density at radius 3 is 2.36 bits per heavy atom. The van der Waals surface area contributed by atoms with Crippen LogP contribution in [0.1, 0.15) is 43.7 Å². The van der Waals surface area contributed by atoms with Crippen molar-refractivity contribution in [3.63, 3.8) is 0 Å². The summed E-state index contributed by atoms with van der Waals surface area (Å²) in [6.45, 7) is 6.04. The van der Waals surface area contributed by atoms with E-state index in [1.54, 1.807) is 4.57 Å². The number of hydrogen-bond donors (Lipinski definition) is 0. The van der Waals surface area contributed by atoms with Crippen molar-refractivity contribution >= 4 is 16.5 Å². The highest BCUT2D eigenvalue weighted by atomic mass is 16.5. The van der Waals surface area contributed by atoms with E-state index < -0.39 is 0 Å². The monoisotopic (exact) mass is 475 g/mol. The van der Waals surface area contributed by atoms with Crippen LogP contribution in [0.15, 0.2) is 77.7 Å². The zero-order chi connectivity index (χ0) is 24.8. The molecule has 6 rings (SSSR count). The van der Waals surface area contributed by atoms with E-state index in [0.717, 1.165) is 35.3 Å². The highest BCUT2D eigenvalue weighted by Gasteiger charge is 2.31. The minimum atomic E-state index is -0.0221. The minimum Gasteiger partial charge on any atom is -0.372 e. The van der Waals surface area contributed by atoms with Crippen LogP contribution in [0.5, 0.6) is 0 Å². The van der Waals surface area contributed by atoms with Crippen molar-refractivity contribution in [2.45, 2.75) is 44.8 Å². The van der Waals surface area contributed by atoms with Crippen LogP contribution in [-0.4, -0.2) is 29.9 Å². The molecule has 2 heterocycles. The van der Waals surface area contributed by atoms with Gasteiger partial charge in [0.1, 0.15) is 0 Å². The molecule has 5 nitrogen and oxygen atoms in total. The summed E-state index contributed by atoms with van der Waals surface area (Å²) >= 11 is 0. The highest BCUT2D eigenvalue weighted by Crippen LogP contribution is 2.45. The van der Waals surface area contributed by atoms with Crippen molar-refractivity contribution in [2.24, 2.45) is 0 Å². The number of ether oxygens (including phenoxy) is 1. The fourth-order valence-corrected chi connectivity index (χ4v) is 5.53. The van der Waals surface area contributed by atoms with Crippen LogP contribution < -0.4 is 10.5 Å². The third-order valence-corrected chi connectivity index (χ3v) is 7.34. The van der Waals surface area contributed by atoms with Crippen molar-refractivity contribution in [1.29, 1.82) is 5.26 Å². The Bertz CT molecular complexity index is 1530. The summed E-state index contributed by atoms with van der Waals surface area (Å²) in [6, 6.07) is 24.0. The van der Waals surface area contributed by atoms with Gasteiger partial charge in [-0.2, -0.15) is 5.26 Å². The first-order valence-corrected chi connectivity index (χ1v) is 12.7. The Labute approximate surface area is 211 Å². The maximum absolute atomic E-state index is 13.7. The van der Waals surface area contributed by atoms with Gasteiger partial charge in [-0.3, -0.25) is 9.36 Å². The summed E-state index contributed by atoms with van der Waals surface area (Å²) in [7, 11) is 0. The van der Waals surface area contributed by atoms with E-state index in [4.69, 9.17) is 10.00 Å². The van der Waals surface area contributed by atoms with Crippen LogP contribution in [0.2, 0.25) is 0 Å². The maximum atomic E-state index is 13.7. The molecule has 5 heteroatoms. The summed E-state index contributed by atoms with van der Waals surface area (Å²) < 4.78 is 7.72. The zero-order valence-corrected chi connectivity index (χ0v) is 20.6. The van der Waals surface area contributed by atoms with Gasteiger partial charge in [0.25, 0.3) is 5.56 Å². The number of rotatable bonds is 4. The Balaban J connectivity index is 1.41. The molecule has 0 spiro atoms. The van der Waals surface area contributed by atoms with Crippen molar-refractivity contribution in [2.75, 3.05) is 18.0 Å². The first-order valence-electron chi connectivity index (χ1n) is 12.7. The van der Waals surface area contributed by atoms with Gasteiger partial charge in [-0.15, -0.1) is 0 Å². The summed E-state index contributed by atoms with van der Waals surface area (Å²) in [5, 5.41) is 10.7. The third kappa shape index (κ3) is 4.08. The Kier molecular flexibility index (Phi) is 5.62. The molecule has 0 amide bonds. The first-order chi connectivity index (χ1) is 17.5. The van der Waals surface area contributed by atoms with E-state index in [1.165, 1.54) is 24.1 Å². The number of nitrogens with zero attached hydrogens (tertiary/aromatic N) is 3. The Morgan fingerprint density at radius 1 is 0.917 bits per heavy atom. The predicted octanol–water partition coefficient (Wildman–Crippen LogP) is 6.02. The van der Waals surface area contributed by atoms with Gasteiger partial charge in [0.2, 0.25) is 0 Å². The average molecular weight is 476 g/mol. The lowest BCUT2D eigenvalue weighted by molar-refractivity contribution is -0.00526. The van der Waals surface area contributed by atoms with Gasteiger partial charge in [0.15, 0.2) is 0 Å². The van der Waals surface area contributed by atoms with Gasteiger partial charge in [-0.05, 0) is 97.1 Å². The van der Waals surface area contributed by atoms with Gasteiger partial charge in [-0.1, -0.05) is 24.3 Å². The van der Waals surface area contributed by atoms with Crippen molar-refractivity contribution in [3.8, 4) is 22.9 Å². The lowest BCUT2D eigenvalue weighted by Gasteiger charge is -2.38. The molecule has 4 aromatic rings. The zero-order valence-electron chi connectivity index (χ0n) is 20.6. The molecule has 0 unspecified atom stereocenters. The molecule has 180 valence electrons. The van der Waals surface area contributed by atoms with Gasteiger partial charge in [0, 0.05) is 36.0 Å². The molecule has 1 aliphatic carbocycles. The van der Waals surface area contributed by atoms with Crippen LogP contribution in [-0.2, 0) is 4.74 Å². The molecule has 1 aliphatic heterocycles. The second-order valence-corrected chi connectivity index (χ2v) is 10.1. The van der Waals surface area contributed by atoms with E-state index in [0.29, 0.717) is 16.9 Å². The number of anilines is 1. The number of nitriles is 1. The molecule has 2 fully saturated rings. The number of hydrogen-bond acceptors (Lipinski definition) is 4. The molecule has 36 heavy (non-hydrogen) atoms. The molecular formula is C31H29N3O2. The summed E-state index contributed by atoms with van der Waals surface area (Å²) in [4.78, 5) is 16.1. The lowest BCUT2D eigenvalue weighted by atomic mass is 9.98. The SMILES string of the molecule is C[C@@H]1CN(c2ccc(-n3ccc4c(-c5ccc(C#N)cc5)cccc4c3=O)cc2C2CC2)C[C@H](C)O1. The van der Waals surface area contributed by atoms with Crippen LogP contribution in [0, 0.1) is 11.3 Å². The number of benzene rings is 3. The number of morpholine rings is 1. The largest absolute Gasteiger partial charge is 0.372 e. The predicted molar refractivity (Wildman–Crippen MR) is 144 cm³/mol. The third-order valence-electron chi connectivity index (χ3n) is 7.34. The molecule has 0 bridgehead atoms. The minimum absolute atomic E-state index is 0.0221. The van der Waals surface area contributed by atoms with Gasteiger partial charge in [-0.25, -0.2) is 0 Å². The molecule has 1 saturated carbocycles. The van der Waals surface area contributed by atoms with E-state index >= 15 is 0 Å². The number of pyridine rings is 1. The molecule has 0 N–H and O–H groups in total. The van der Waals surface area contributed by atoms with Crippen molar-refractivity contribution in [1.82, 2.24) is 4.57 Å². The number of fused-ring (bicyclic) bond motifs is 1. The molecular weight excluding hydrogens is 446 g/mol. The smallest absolute Gasteiger partial charge is 0.262 e. The van der Waals surface area contributed by atoms with E-state index in [1.807, 2.05) is 54.7 Å². The molecule has 3 aromatic carbocycles. The van der Waals surface area contributed by atoms with Gasteiger partial charge < -0.3 is 9.64 Å². The van der Waals surface area contributed by atoms with Gasteiger partial charge >= 0.3 is 0 Å². The summed E-state index contributed by atoms with van der Waals surface area (Å²) in [6.07, 6.45) is 4.70. The highest BCUT2D eigenvalue weighted by molar-refractivity contribution is 5.96. The standard InChI is InChI=1S/C31H29N3O2/c1-20-18-33(19-21(2)36-20)30-13-12-25(16-29(30)24-10-11-24)34-15-14-27-26(4-3-5-28(27)31(34)35)23-8-6-22(17-32)7-9-23/h3-9,12-16,20-21,24H,10-11,18-19H2,1-2H3/t20-,21+. The van der Waals surface area contributed by atoms with E-state index in [9.17, 15) is 4.79 Å². The van der Waals surface area contributed by atoms with Crippen LogP contribution in [0.4, 0.5) is 5.69 Å². The Hall–Kier alpha value is -3.88. The molecule has 2 atom stereocenters. The van der Waals surface area contributed by atoms with Crippen LogP contribution in [0.3, 0.4) is 0 Å². The van der Waals surface area contributed by atoms with E-state index in [2.05, 4.69) is 43.0 Å². The topological polar surface area (TPSA) is 58.3 Å². The molecule has 0 radical (unpaired) electrons. The molecule has 1 saturated heterocycles. The maximum Gasteiger partial charge on any atom is 0.262 e. The first kappa shape index (κ1) is 22.6. The molecule has 2 aliphatic rings. The van der Waals surface area contributed by atoms with Gasteiger partial charge in [0.05, 0.1) is 23.8 Å². The average Bonchev–Trinajstić information content (AvgIpc) is 3.74. The quantitative estimate of drug-likeness (QED) is 0.362. The fourth-order valence-electron chi connectivity index (χ4n) is 5.53. The normalized spacial score (nSPS) is 19.9. The summed E-state index contributed by atoms with van der Waals surface area (Å²) in [5.74, 6) is 0.563. The van der Waals surface area contributed by atoms with Crippen LogP contribution in [0.25, 0.3) is 27.6 Å². The second-order valence-electron chi connectivity index (χ2n) is 10.1. The fraction of sp³-hybridized carbons (Fsp3) is 0.290. The van der Waals surface area contributed by atoms with Crippen molar-refractivity contribution < 1.29 is 4.74 Å². The number of aromatic nitrogens is 1. The summed E-state index contributed by atoms with van der Waals surface area (Å²) in [5.41, 5.74) is 6.11. The van der Waals surface area contributed by atoms with E-state index in [-0.39, 0.29) is 17.8 Å². The van der Waals surface area contributed by atoms with Crippen molar-refractivity contribution in [3.05, 3.63) is 94.4 Å². The second kappa shape index (κ2) is 8.96. The lowest BCUT2D eigenvalue weighted by Crippen LogP contribution is -2.45.